The fourth-order valence-corrected chi connectivity index (χ4v) is 5.06. The Kier molecular flexibility index (Phi) is 6.30. The molecule has 1 aliphatic heterocycles. The first kappa shape index (κ1) is 21.4. The summed E-state index contributed by atoms with van der Waals surface area (Å²) in [5.41, 5.74) is 10.1. The van der Waals surface area contributed by atoms with E-state index in [-0.39, 0.29) is 5.91 Å². The molecule has 1 saturated heterocycles. The number of amides is 1. The first-order valence-electron chi connectivity index (χ1n) is 10.4. The Morgan fingerprint density at radius 2 is 1.77 bits per heavy atom. The van der Waals surface area contributed by atoms with E-state index >= 15 is 0 Å². The van der Waals surface area contributed by atoms with Gasteiger partial charge in [0.1, 0.15) is 0 Å². The van der Waals surface area contributed by atoms with E-state index in [0.717, 1.165) is 30.6 Å². The van der Waals surface area contributed by atoms with Gasteiger partial charge in [-0.3, -0.25) is 9.69 Å². The molecule has 0 bridgehead atoms. The van der Waals surface area contributed by atoms with Crippen LogP contribution in [-0.2, 0) is 17.8 Å². The fraction of sp³-hybridized carbons (Fsp3) is 0.320. The van der Waals surface area contributed by atoms with Crippen LogP contribution >= 0.6 is 11.3 Å². The number of nitrogens with zero attached hydrogens (tertiary/aromatic N) is 1. The van der Waals surface area contributed by atoms with E-state index < -0.39 is 5.41 Å². The summed E-state index contributed by atoms with van der Waals surface area (Å²) in [6, 6.07) is 16.6. The average molecular weight is 437 g/mol. The Morgan fingerprint density at radius 1 is 1.03 bits per heavy atom. The summed E-state index contributed by atoms with van der Waals surface area (Å²) < 4.78 is 10.7. The summed E-state index contributed by atoms with van der Waals surface area (Å²) in [7, 11) is 3.27. The topological polar surface area (TPSA) is 64.8 Å². The molecule has 2 N–H and O–H groups in total. The number of nitrogens with two attached hydrogens (primary N) is 1. The standard InChI is InChI=1S/C25H28N2O3S/c1-29-22-8-5-19(13-23(22)30-2)15-27-11-10-25(17-27,24(26)28)14-18-3-6-20(7-4-18)21-9-12-31-16-21/h3-9,12-13,16H,10-11,14-15,17H2,1-2H3,(H2,26,28). The number of hydrogen-bond acceptors (Lipinski definition) is 5. The maximum absolute atomic E-state index is 12.5. The molecule has 1 fully saturated rings. The van der Waals surface area contributed by atoms with Gasteiger partial charge in [0.2, 0.25) is 5.91 Å². The van der Waals surface area contributed by atoms with Crippen molar-refractivity contribution in [3.05, 3.63) is 70.4 Å². The van der Waals surface area contributed by atoms with Gasteiger partial charge in [-0.15, -0.1) is 0 Å². The summed E-state index contributed by atoms with van der Waals surface area (Å²) >= 11 is 1.69. The van der Waals surface area contributed by atoms with Gasteiger partial charge in [0.25, 0.3) is 0 Å². The van der Waals surface area contributed by atoms with Crippen LogP contribution in [0.3, 0.4) is 0 Å². The zero-order chi connectivity index (χ0) is 21.8. The molecular formula is C25H28N2O3S. The van der Waals surface area contributed by atoms with E-state index in [4.69, 9.17) is 15.2 Å². The SMILES string of the molecule is COc1ccc(CN2CCC(Cc3ccc(-c4ccsc4)cc3)(C(N)=O)C2)cc1OC. The monoisotopic (exact) mass is 436 g/mol. The molecule has 1 aliphatic rings. The fourth-order valence-electron chi connectivity index (χ4n) is 4.40. The van der Waals surface area contributed by atoms with Crippen LogP contribution < -0.4 is 15.2 Å². The molecular weight excluding hydrogens is 408 g/mol. The summed E-state index contributed by atoms with van der Waals surface area (Å²) in [6.45, 7) is 2.24. The molecule has 0 radical (unpaired) electrons. The first-order chi connectivity index (χ1) is 15.0. The molecule has 0 saturated carbocycles. The first-order valence-corrected chi connectivity index (χ1v) is 11.3. The Labute approximate surface area is 187 Å². The van der Waals surface area contributed by atoms with E-state index in [1.54, 1.807) is 25.6 Å². The molecule has 5 nitrogen and oxygen atoms in total. The molecule has 0 aliphatic carbocycles. The lowest BCUT2D eigenvalue weighted by molar-refractivity contribution is -0.127. The van der Waals surface area contributed by atoms with E-state index in [2.05, 4.69) is 46.0 Å². The number of ether oxygens (including phenoxy) is 2. The number of benzene rings is 2. The van der Waals surface area contributed by atoms with E-state index in [0.29, 0.717) is 24.5 Å². The minimum atomic E-state index is -0.541. The third kappa shape index (κ3) is 4.60. The van der Waals surface area contributed by atoms with Gasteiger partial charge in [0, 0.05) is 13.1 Å². The predicted octanol–water partition coefficient (Wildman–Crippen LogP) is 4.35. The van der Waals surface area contributed by atoms with Crippen LogP contribution in [0.1, 0.15) is 17.5 Å². The van der Waals surface area contributed by atoms with Crippen LogP contribution in [0.25, 0.3) is 11.1 Å². The maximum Gasteiger partial charge on any atom is 0.225 e. The summed E-state index contributed by atoms with van der Waals surface area (Å²) in [4.78, 5) is 14.8. The van der Waals surface area contributed by atoms with Crippen molar-refractivity contribution in [2.45, 2.75) is 19.4 Å². The van der Waals surface area contributed by atoms with Crippen LogP contribution in [0.2, 0.25) is 0 Å². The highest BCUT2D eigenvalue weighted by molar-refractivity contribution is 7.08. The number of hydrogen-bond donors (Lipinski definition) is 1. The highest BCUT2D eigenvalue weighted by atomic mass is 32.1. The van der Waals surface area contributed by atoms with Crippen LogP contribution in [0.4, 0.5) is 0 Å². The van der Waals surface area contributed by atoms with Gasteiger partial charge < -0.3 is 15.2 Å². The number of carbonyl (C=O) groups is 1. The number of thiophene rings is 1. The number of primary amides is 1. The van der Waals surface area contributed by atoms with Crippen LogP contribution in [0.15, 0.2) is 59.3 Å². The van der Waals surface area contributed by atoms with Crippen molar-refractivity contribution >= 4 is 17.2 Å². The van der Waals surface area contributed by atoms with Gasteiger partial charge in [-0.2, -0.15) is 11.3 Å². The third-order valence-electron chi connectivity index (χ3n) is 6.16. The van der Waals surface area contributed by atoms with Crippen molar-refractivity contribution in [1.29, 1.82) is 0 Å². The highest BCUT2D eigenvalue weighted by Gasteiger charge is 2.43. The van der Waals surface area contributed by atoms with Crippen LogP contribution in [-0.4, -0.2) is 38.1 Å². The third-order valence-corrected chi connectivity index (χ3v) is 6.84. The van der Waals surface area contributed by atoms with Crippen LogP contribution in [0, 0.1) is 5.41 Å². The van der Waals surface area contributed by atoms with Crippen molar-refractivity contribution < 1.29 is 14.3 Å². The minimum absolute atomic E-state index is 0.218. The molecule has 162 valence electrons. The van der Waals surface area contributed by atoms with Crippen molar-refractivity contribution in [1.82, 2.24) is 4.90 Å². The Bertz CT molecular complexity index is 1030. The lowest BCUT2D eigenvalue weighted by atomic mass is 9.80. The maximum atomic E-state index is 12.5. The van der Waals surface area contributed by atoms with Crippen molar-refractivity contribution in [3.63, 3.8) is 0 Å². The lowest BCUT2D eigenvalue weighted by Crippen LogP contribution is -2.41. The number of rotatable bonds is 8. The molecule has 1 amide bonds. The molecule has 2 heterocycles. The van der Waals surface area contributed by atoms with Crippen LogP contribution in [0.5, 0.6) is 11.5 Å². The Morgan fingerprint density at radius 3 is 2.42 bits per heavy atom. The van der Waals surface area contributed by atoms with Gasteiger partial charge in [-0.1, -0.05) is 30.3 Å². The highest BCUT2D eigenvalue weighted by Crippen LogP contribution is 2.36. The number of likely N-dealkylation sites (tertiary alicyclic amines) is 1. The van der Waals surface area contributed by atoms with Crippen molar-refractivity contribution in [2.75, 3.05) is 27.3 Å². The summed E-state index contributed by atoms with van der Waals surface area (Å²) in [5.74, 6) is 1.21. The zero-order valence-electron chi connectivity index (χ0n) is 18.0. The number of methoxy groups -OCH3 is 2. The molecule has 1 atom stereocenters. The summed E-state index contributed by atoms with van der Waals surface area (Å²) in [6.07, 6.45) is 1.43. The molecule has 4 rings (SSSR count). The van der Waals surface area contributed by atoms with Crippen molar-refractivity contribution in [2.24, 2.45) is 11.1 Å². The average Bonchev–Trinajstić information content (AvgIpc) is 3.45. The molecule has 3 aromatic rings. The molecule has 6 heteroatoms. The smallest absolute Gasteiger partial charge is 0.225 e. The second-order valence-corrected chi connectivity index (χ2v) is 8.96. The normalized spacial score (nSPS) is 18.8. The van der Waals surface area contributed by atoms with E-state index in [1.807, 2.05) is 18.2 Å². The van der Waals surface area contributed by atoms with Gasteiger partial charge in [-0.25, -0.2) is 0 Å². The second-order valence-electron chi connectivity index (χ2n) is 8.18. The van der Waals surface area contributed by atoms with Crippen molar-refractivity contribution in [3.8, 4) is 22.6 Å². The quantitative estimate of drug-likeness (QED) is 0.570. The number of carbonyl (C=O) groups excluding carboxylic acids is 1. The lowest BCUT2D eigenvalue weighted by Gasteiger charge is -2.26. The largest absolute Gasteiger partial charge is 0.493 e. The second kappa shape index (κ2) is 9.12. The molecule has 1 aromatic heterocycles. The van der Waals surface area contributed by atoms with E-state index in [9.17, 15) is 4.79 Å². The van der Waals surface area contributed by atoms with Gasteiger partial charge in [0.15, 0.2) is 11.5 Å². The minimum Gasteiger partial charge on any atom is -0.493 e. The van der Waals surface area contributed by atoms with Gasteiger partial charge in [-0.05, 0) is 70.6 Å². The van der Waals surface area contributed by atoms with Gasteiger partial charge in [0.05, 0.1) is 19.6 Å². The molecule has 0 spiro atoms. The summed E-state index contributed by atoms with van der Waals surface area (Å²) in [5, 5.41) is 4.22. The van der Waals surface area contributed by atoms with E-state index in [1.165, 1.54) is 11.1 Å². The molecule has 31 heavy (non-hydrogen) atoms. The Hall–Kier alpha value is -2.83. The molecule has 1 unspecified atom stereocenters. The predicted molar refractivity (Wildman–Crippen MR) is 125 cm³/mol. The Balaban J connectivity index is 1.46. The molecule has 2 aromatic carbocycles. The zero-order valence-corrected chi connectivity index (χ0v) is 18.8. The van der Waals surface area contributed by atoms with Gasteiger partial charge >= 0.3 is 0 Å².